The molecule has 0 spiro atoms. The molecule has 1 aliphatic carbocycles. The monoisotopic (exact) mass is 636 g/mol. The topological polar surface area (TPSA) is 9.72 Å². The Hall–Kier alpha value is -5.22. The smallest absolute Gasteiger partial charge is 0.252 e. The van der Waals surface area contributed by atoms with Crippen molar-refractivity contribution in [3.8, 4) is 0 Å². The van der Waals surface area contributed by atoms with Crippen LogP contribution in [0.5, 0.6) is 0 Å². The van der Waals surface area contributed by atoms with Gasteiger partial charge in [0, 0.05) is 57.2 Å². The second-order valence-electron chi connectivity index (χ2n) is 14.8. The number of rotatable bonds is 2. The first-order chi connectivity index (χ1) is 26.2. The number of para-hydroxylation sites is 4. The largest absolute Gasteiger partial charge is 0.337 e. The van der Waals surface area contributed by atoms with Crippen LogP contribution in [0.1, 0.15) is 69.0 Å². The number of nitrogens with zero attached hydrogens (tertiary/aromatic N) is 3. The van der Waals surface area contributed by atoms with Gasteiger partial charge >= 0.3 is 0 Å². The first-order valence-electron chi connectivity index (χ1n) is 20.2. The third-order valence-corrected chi connectivity index (χ3v) is 12.1. The molecule has 0 bridgehead atoms. The normalized spacial score (nSPS) is 21.6. The van der Waals surface area contributed by atoms with Crippen molar-refractivity contribution in [3.05, 3.63) is 150 Å². The summed E-state index contributed by atoms with van der Waals surface area (Å²) >= 11 is 0. The van der Waals surface area contributed by atoms with E-state index in [0.29, 0.717) is 0 Å². The van der Waals surface area contributed by atoms with Crippen molar-refractivity contribution in [1.82, 2.24) is 0 Å². The molecule has 6 aromatic carbocycles. The highest BCUT2D eigenvalue weighted by atomic mass is 15.2. The zero-order chi connectivity index (χ0) is 36.8. The summed E-state index contributed by atoms with van der Waals surface area (Å²) in [5.74, 6) is 0.189. The lowest BCUT2D eigenvalue weighted by molar-refractivity contribution is 0.402. The SMILES string of the molecule is [2H]c1c([2H])c([2H])c(N2c3cc4c(cc3C3CCCCC32)B2c3ccccc3N3c5ccccc5C(C)(C)c5ccc(c2c53)N4c2ccccc2)c([2H])c1[2H]. The van der Waals surface area contributed by atoms with Crippen molar-refractivity contribution in [2.24, 2.45) is 0 Å². The Kier molecular flexibility index (Phi) is 4.69. The summed E-state index contributed by atoms with van der Waals surface area (Å²) in [6.07, 6.45) is 4.05. The molecule has 6 aromatic rings. The molecule has 1 saturated carbocycles. The van der Waals surface area contributed by atoms with E-state index in [2.05, 4.69) is 132 Å². The molecular formula is C45H38BN3. The van der Waals surface area contributed by atoms with Crippen LogP contribution in [0.25, 0.3) is 0 Å². The van der Waals surface area contributed by atoms with Gasteiger partial charge in [-0.3, -0.25) is 0 Å². The van der Waals surface area contributed by atoms with Crippen LogP contribution in [0.2, 0.25) is 0 Å². The van der Waals surface area contributed by atoms with E-state index in [-0.39, 0.29) is 60.0 Å². The van der Waals surface area contributed by atoms with Gasteiger partial charge in [-0.1, -0.05) is 112 Å². The molecule has 49 heavy (non-hydrogen) atoms. The maximum absolute atomic E-state index is 9.10. The maximum Gasteiger partial charge on any atom is 0.252 e. The number of benzene rings is 6. The second kappa shape index (κ2) is 9.92. The van der Waals surface area contributed by atoms with E-state index < -0.39 is 0 Å². The third kappa shape index (κ3) is 3.59. The third-order valence-electron chi connectivity index (χ3n) is 12.1. The summed E-state index contributed by atoms with van der Waals surface area (Å²) in [5.41, 5.74) is 15.6. The number of hydrogen-bond donors (Lipinski definition) is 0. The average Bonchev–Trinajstić information content (AvgIpc) is 3.51. The Bertz CT molecular complexity index is 2580. The van der Waals surface area contributed by atoms with Crippen LogP contribution in [0.15, 0.2) is 133 Å². The van der Waals surface area contributed by atoms with Crippen molar-refractivity contribution in [1.29, 1.82) is 0 Å². The van der Waals surface area contributed by atoms with Crippen LogP contribution in [0.3, 0.4) is 0 Å². The van der Waals surface area contributed by atoms with Crippen LogP contribution in [0.4, 0.5) is 45.5 Å². The molecule has 236 valence electrons. The van der Waals surface area contributed by atoms with Crippen LogP contribution < -0.4 is 31.1 Å². The Labute approximate surface area is 296 Å². The summed E-state index contributed by atoms with van der Waals surface area (Å²) < 4.78 is 43.8. The second-order valence-corrected chi connectivity index (χ2v) is 14.8. The van der Waals surface area contributed by atoms with Crippen LogP contribution in [-0.4, -0.2) is 12.8 Å². The van der Waals surface area contributed by atoms with Gasteiger partial charge in [0.05, 0.1) is 12.5 Å². The van der Waals surface area contributed by atoms with Gasteiger partial charge in [-0.15, -0.1) is 0 Å². The summed E-state index contributed by atoms with van der Waals surface area (Å²) in [5, 5.41) is 0. The predicted octanol–water partition coefficient (Wildman–Crippen LogP) is 9.59. The Balaban J connectivity index is 1.24. The molecule has 0 amide bonds. The molecule has 4 aliphatic heterocycles. The Morgan fingerprint density at radius 2 is 1.39 bits per heavy atom. The number of fused-ring (bicyclic) bond motifs is 10. The van der Waals surface area contributed by atoms with Gasteiger partial charge in [-0.05, 0) is 94.4 Å². The van der Waals surface area contributed by atoms with Crippen molar-refractivity contribution in [3.63, 3.8) is 0 Å². The summed E-state index contributed by atoms with van der Waals surface area (Å²) in [6.45, 7) is 4.68. The van der Waals surface area contributed by atoms with Crippen molar-refractivity contribution < 1.29 is 6.85 Å². The lowest BCUT2D eigenvalue weighted by atomic mass is 9.33. The molecular weight excluding hydrogens is 593 g/mol. The highest BCUT2D eigenvalue weighted by molar-refractivity contribution is 7.00. The van der Waals surface area contributed by atoms with Gasteiger partial charge in [-0.2, -0.15) is 0 Å². The van der Waals surface area contributed by atoms with Gasteiger partial charge in [0.1, 0.15) is 0 Å². The molecule has 0 saturated heterocycles. The lowest BCUT2D eigenvalue weighted by Crippen LogP contribution is -2.62. The first-order valence-corrected chi connectivity index (χ1v) is 17.7. The molecule has 0 aromatic heterocycles. The fourth-order valence-corrected chi connectivity index (χ4v) is 10.1. The van der Waals surface area contributed by atoms with Gasteiger partial charge in [0.15, 0.2) is 0 Å². The van der Waals surface area contributed by atoms with E-state index in [0.717, 1.165) is 48.4 Å². The number of anilines is 8. The maximum atomic E-state index is 9.10. The van der Waals surface area contributed by atoms with E-state index in [4.69, 9.17) is 6.85 Å². The van der Waals surface area contributed by atoms with E-state index in [1.807, 2.05) is 0 Å². The Morgan fingerprint density at radius 1 is 0.633 bits per heavy atom. The van der Waals surface area contributed by atoms with Gasteiger partial charge in [-0.25, -0.2) is 0 Å². The highest BCUT2D eigenvalue weighted by Crippen LogP contribution is 2.56. The van der Waals surface area contributed by atoms with Crippen molar-refractivity contribution in [2.75, 3.05) is 14.7 Å². The molecule has 4 heteroatoms. The highest BCUT2D eigenvalue weighted by Gasteiger charge is 2.50. The van der Waals surface area contributed by atoms with E-state index in [9.17, 15) is 0 Å². The molecule has 0 N–H and O–H groups in total. The minimum atomic E-state index is -0.357. The van der Waals surface area contributed by atoms with Gasteiger partial charge in [0.2, 0.25) is 0 Å². The first kappa shape index (κ1) is 23.2. The summed E-state index contributed by atoms with van der Waals surface area (Å²) in [7, 11) is 0. The fraction of sp³-hybridized carbons (Fsp3) is 0.200. The molecule has 5 aliphatic rings. The minimum Gasteiger partial charge on any atom is -0.337 e. The van der Waals surface area contributed by atoms with Gasteiger partial charge < -0.3 is 14.7 Å². The van der Waals surface area contributed by atoms with E-state index in [1.54, 1.807) is 0 Å². The molecule has 0 radical (unpaired) electrons. The average molecular weight is 637 g/mol. The summed E-state index contributed by atoms with van der Waals surface area (Å²) in [6, 6.07) is 36.5. The van der Waals surface area contributed by atoms with Crippen molar-refractivity contribution in [2.45, 2.75) is 56.9 Å². The summed E-state index contributed by atoms with van der Waals surface area (Å²) in [4.78, 5) is 7.05. The van der Waals surface area contributed by atoms with Gasteiger partial charge in [0.25, 0.3) is 6.71 Å². The molecule has 2 atom stereocenters. The lowest BCUT2D eigenvalue weighted by Gasteiger charge is -2.50. The predicted molar refractivity (Wildman–Crippen MR) is 206 cm³/mol. The number of hydrogen-bond acceptors (Lipinski definition) is 3. The van der Waals surface area contributed by atoms with E-state index in [1.165, 1.54) is 50.1 Å². The van der Waals surface area contributed by atoms with Crippen LogP contribution in [-0.2, 0) is 5.41 Å². The zero-order valence-electron chi connectivity index (χ0n) is 32.7. The van der Waals surface area contributed by atoms with E-state index >= 15 is 0 Å². The zero-order valence-corrected chi connectivity index (χ0v) is 27.7. The molecule has 2 unspecified atom stereocenters. The fourth-order valence-electron chi connectivity index (χ4n) is 10.1. The molecule has 11 rings (SSSR count). The van der Waals surface area contributed by atoms with Crippen LogP contribution in [0, 0.1) is 0 Å². The molecule has 3 nitrogen and oxygen atoms in total. The molecule has 4 heterocycles. The quantitative estimate of drug-likeness (QED) is 0.175. The Morgan fingerprint density at radius 3 is 2.24 bits per heavy atom. The minimum absolute atomic E-state index is 0.00734. The van der Waals surface area contributed by atoms with Crippen molar-refractivity contribution >= 4 is 68.6 Å². The molecule has 1 fully saturated rings. The van der Waals surface area contributed by atoms with Crippen LogP contribution >= 0.6 is 0 Å². The standard InChI is InChI=1S/C45H38BN3/c1-45(2)33-20-10-13-23-38(33)49-39-24-14-11-21-35(39)46-36-27-32-31-19-9-12-22-37(31)47(29-15-5-3-6-16-29)41(32)28-42(36)48(30-17-7-4-8-18-30)40-26-25-34(45)44(49)43(40)46/h3-8,10-11,13-18,20-21,23-28,31,37H,9,12,19,22H2,1-2H3/i3D,5D,6D,15D,16D.